The van der Waals surface area contributed by atoms with E-state index in [2.05, 4.69) is 10.3 Å². The maximum absolute atomic E-state index is 12.8. The lowest BCUT2D eigenvalue weighted by Crippen LogP contribution is -2.30. The van der Waals surface area contributed by atoms with E-state index < -0.39 is 0 Å². The number of nitrogen functional groups attached to an aromatic ring is 1. The van der Waals surface area contributed by atoms with E-state index in [1.807, 2.05) is 19.3 Å². The van der Waals surface area contributed by atoms with Crippen molar-refractivity contribution in [3.63, 3.8) is 0 Å². The third kappa shape index (κ3) is 4.21. The predicted octanol–water partition coefficient (Wildman–Crippen LogP) is 2.73. The summed E-state index contributed by atoms with van der Waals surface area (Å²) in [5, 5.41) is 3.28. The Morgan fingerprint density at radius 2 is 2.05 bits per heavy atom. The number of pyridine rings is 1. The Kier molecular flexibility index (Phi) is 5.38. The molecule has 1 aromatic heterocycles. The van der Waals surface area contributed by atoms with Crippen LogP contribution in [0.3, 0.4) is 0 Å². The summed E-state index contributed by atoms with van der Waals surface area (Å²) in [6.07, 6.45) is 4.33. The van der Waals surface area contributed by atoms with E-state index >= 15 is 0 Å². The first-order chi connectivity index (χ1) is 9.69. The average molecular weight is 291 g/mol. The van der Waals surface area contributed by atoms with Gasteiger partial charge in [0.1, 0.15) is 5.82 Å². The number of aromatic nitrogens is 1. The van der Waals surface area contributed by atoms with E-state index in [0.717, 1.165) is 28.3 Å². The molecule has 0 aliphatic rings. The van der Waals surface area contributed by atoms with Gasteiger partial charge in [-0.2, -0.15) is 0 Å². The maximum Gasteiger partial charge on any atom is 0.123 e. The first-order valence-electron chi connectivity index (χ1n) is 6.43. The maximum atomic E-state index is 12.8. The Morgan fingerprint density at radius 1 is 1.30 bits per heavy atom. The summed E-state index contributed by atoms with van der Waals surface area (Å²) < 4.78 is 12.8. The first-order valence-corrected chi connectivity index (χ1v) is 7.41. The van der Waals surface area contributed by atoms with Gasteiger partial charge >= 0.3 is 0 Å². The van der Waals surface area contributed by atoms with Gasteiger partial charge in [-0.25, -0.2) is 4.39 Å². The van der Waals surface area contributed by atoms with Crippen molar-refractivity contribution in [1.82, 2.24) is 10.3 Å². The number of nitrogens with zero attached hydrogens (tertiary/aromatic N) is 1. The van der Waals surface area contributed by atoms with E-state index in [-0.39, 0.29) is 11.9 Å². The van der Waals surface area contributed by atoms with Crippen molar-refractivity contribution in [2.24, 2.45) is 0 Å². The number of rotatable bonds is 6. The summed E-state index contributed by atoms with van der Waals surface area (Å²) in [7, 11) is 1.93. The topological polar surface area (TPSA) is 50.9 Å². The third-order valence-corrected chi connectivity index (χ3v) is 4.26. The minimum absolute atomic E-state index is 0.206. The van der Waals surface area contributed by atoms with Gasteiger partial charge in [-0.1, -0.05) is 0 Å². The molecule has 1 aromatic carbocycles. The van der Waals surface area contributed by atoms with E-state index in [4.69, 9.17) is 5.73 Å². The van der Waals surface area contributed by atoms with Crippen LogP contribution < -0.4 is 11.1 Å². The zero-order chi connectivity index (χ0) is 14.4. The summed E-state index contributed by atoms with van der Waals surface area (Å²) in [5.41, 5.74) is 7.75. The summed E-state index contributed by atoms with van der Waals surface area (Å²) in [5.74, 6) is 0.680. The smallest absolute Gasteiger partial charge is 0.123 e. The molecule has 0 amide bonds. The van der Waals surface area contributed by atoms with Crippen LogP contribution in [-0.4, -0.2) is 23.8 Å². The van der Waals surface area contributed by atoms with Crippen molar-refractivity contribution in [2.45, 2.75) is 17.4 Å². The van der Waals surface area contributed by atoms with Gasteiger partial charge in [0, 0.05) is 34.8 Å². The van der Waals surface area contributed by atoms with Crippen molar-refractivity contribution in [1.29, 1.82) is 0 Å². The van der Waals surface area contributed by atoms with Crippen LogP contribution in [0.4, 0.5) is 10.1 Å². The van der Waals surface area contributed by atoms with Gasteiger partial charge in [0.15, 0.2) is 0 Å². The molecule has 20 heavy (non-hydrogen) atoms. The standard InChI is InChI=1S/C15H18FN3S/c1-18-13(8-11-9-19-7-6-15(11)17)10-20-14-4-2-12(16)3-5-14/h2-7,9,13,18H,8,10H2,1H3,(H2,17,19). The third-order valence-electron chi connectivity index (χ3n) is 3.08. The minimum atomic E-state index is -0.206. The molecule has 3 nitrogen and oxygen atoms in total. The molecule has 1 heterocycles. The van der Waals surface area contributed by atoms with Gasteiger partial charge < -0.3 is 11.1 Å². The summed E-state index contributed by atoms with van der Waals surface area (Å²) in [6.45, 7) is 0. The summed E-state index contributed by atoms with van der Waals surface area (Å²) in [6, 6.07) is 8.66. The molecule has 0 bridgehead atoms. The lowest BCUT2D eigenvalue weighted by molar-refractivity contribution is 0.616. The van der Waals surface area contributed by atoms with Gasteiger partial charge in [-0.3, -0.25) is 4.98 Å². The molecule has 2 aromatic rings. The fourth-order valence-electron chi connectivity index (χ4n) is 1.85. The van der Waals surface area contributed by atoms with Crippen LogP contribution >= 0.6 is 11.8 Å². The van der Waals surface area contributed by atoms with Gasteiger partial charge in [-0.15, -0.1) is 11.8 Å². The molecule has 0 saturated carbocycles. The second-order valence-electron chi connectivity index (χ2n) is 4.53. The van der Waals surface area contributed by atoms with Gasteiger partial charge in [-0.05, 0) is 49.4 Å². The largest absolute Gasteiger partial charge is 0.398 e. The lowest BCUT2D eigenvalue weighted by atomic mass is 10.1. The number of hydrogen-bond donors (Lipinski definition) is 2. The van der Waals surface area contributed by atoms with Crippen LogP contribution in [0.15, 0.2) is 47.6 Å². The highest BCUT2D eigenvalue weighted by Crippen LogP contribution is 2.21. The van der Waals surface area contributed by atoms with Gasteiger partial charge in [0.25, 0.3) is 0 Å². The number of nitrogens with one attached hydrogen (secondary N) is 1. The Labute approximate surface area is 122 Å². The molecule has 0 radical (unpaired) electrons. The molecule has 0 fully saturated rings. The van der Waals surface area contributed by atoms with Crippen LogP contribution in [0.2, 0.25) is 0 Å². The summed E-state index contributed by atoms with van der Waals surface area (Å²) >= 11 is 1.70. The van der Waals surface area contributed by atoms with E-state index in [0.29, 0.717) is 0 Å². The number of halogens is 1. The van der Waals surface area contributed by atoms with E-state index in [9.17, 15) is 4.39 Å². The highest BCUT2D eigenvalue weighted by atomic mass is 32.2. The number of nitrogens with two attached hydrogens (primary N) is 1. The van der Waals surface area contributed by atoms with Crippen molar-refractivity contribution >= 4 is 17.4 Å². The monoisotopic (exact) mass is 291 g/mol. The fourth-order valence-corrected chi connectivity index (χ4v) is 2.85. The second kappa shape index (κ2) is 7.26. The fraction of sp³-hybridized carbons (Fsp3) is 0.267. The molecular weight excluding hydrogens is 273 g/mol. The Hall–Kier alpha value is -1.59. The normalized spacial score (nSPS) is 12.3. The number of hydrogen-bond acceptors (Lipinski definition) is 4. The van der Waals surface area contributed by atoms with Crippen molar-refractivity contribution in [2.75, 3.05) is 18.5 Å². The van der Waals surface area contributed by atoms with Crippen LogP contribution in [0.1, 0.15) is 5.56 Å². The van der Waals surface area contributed by atoms with E-state index in [1.165, 1.54) is 12.1 Å². The molecule has 1 atom stereocenters. The second-order valence-corrected chi connectivity index (χ2v) is 5.62. The molecule has 5 heteroatoms. The zero-order valence-electron chi connectivity index (χ0n) is 11.3. The Bertz CT molecular complexity index is 545. The number of likely N-dealkylation sites (N-methyl/N-ethyl adjacent to an activating group) is 1. The molecule has 3 N–H and O–H groups in total. The molecule has 0 spiro atoms. The van der Waals surface area contributed by atoms with Crippen molar-refractivity contribution in [3.8, 4) is 0 Å². The average Bonchev–Trinajstić information content (AvgIpc) is 2.47. The highest BCUT2D eigenvalue weighted by Gasteiger charge is 2.10. The highest BCUT2D eigenvalue weighted by molar-refractivity contribution is 7.99. The molecule has 106 valence electrons. The number of anilines is 1. The van der Waals surface area contributed by atoms with Gasteiger partial charge in [0.05, 0.1) is 0 Å². The summed E-state index contributed by atoms with van der Waals surface area (Å²) in [4.78, 5) is 5.17. The van der Waals surface area contributed by atoms with Crippen molar-refractivity contribution in [3.05, 3.63) is 54.1 Å². The van der Waals surface area contributed by atoms with Crippen LogP contribution in [0.5, 0.6) is 0 Å². The van der Waals surface area contributed by atoms with Crippen LogP contribution in [-0.2, 0) is 6.42 Å². The minimum Gasteiger partial charge on any atom is -0.398 e. The number of benzene rings is 1. The molecule has 0 aliphatic carbocycles. The first kappa shape index (κ1) is 14.8. The molecule has 1 unspecified atom stereocenters. The van der Waals surface area contributed by atoms with Gasteiger partial charge in [0.2, 0.25) is 0 Å². The molecule has 2 rings (SSSR count). The van der Waals surface area contributed by atoms with Crippen molar-refractivity contribution < 1.29 is 4.39 Å². The number of thioether (sulfide) groups is 1. The zero-order valence-corrected chi connectivity index (χ0v) is 12.2. The predicted molar refractivity (Wildman–Crippen MR) is 82.3 cm³/mol. The molecule has 0 aliphatic heterocycles. The Morgan fingerprint density at radius 3 is 2.70 bits per heavy atom. The van der Waals surface area contributed by atoms with Crippen LogP contribution in [0, 0.1) is 5.82 Å². The Balaban J connectivity index is 1.92. The molecular formula is C15H18FN3S. The van der Waals surface area contributed by atoms with E-state index in [1.54, 1.807) is 30.1 Å². The van der Waals surface area contributed by atoms with Crippen LogP contribution in [0.25, 0.3) is 0 Å². The quantitative estimate of drug-likeness (QED) is 0.804. The molecule has 0 saturated heterocycles. The SMILES string of the molecule is CNC(CSc1ccc(F)cc1)Cc1cnccc1N. The lowest BCUT2D eigenvalue weighted by Gasteiger charge is -2.16.